The van der Waals surface area contributed by atoms with Gasteiger partial charge in [-0.05, 0) is 36.1 Å². The molecular formula is C31H32N5O8P. The molecule has 1 saturated heterocycles. The number of aliphatic hydroxyl groups excluding tert-OH is 2. The van der Waals surface area contributed by atoms with Crippen LogP contribution < -0.4 is 15.3 Å². The third-order valence-electron chi connectivity index (χ3n) is 7.47. The lowest BCUT2D eigenvalue weighted by Crippen LogP contribution is -2.37. The quantitative estimate of drug-likeness (QED) is 0.123. The Morgan fingerprint density at radius 1 is 1.04 bits per heavy atom. The Bertz CT molecular complexity index is 1850. The molecule has 0 saturated carbocycles. The zero-order valence-electron chi connectivity index (χ0n) is 24.2. The third-order valence-corrected chi connectivity index (χ3v) is 9.10. The molecule has 6 rings (SSSR count). The number of nitrogens with one attached hydrogen (secondary N) is 1. The second-order valence-corrected chi connectivity index (χ2v) is 12.3. The molecule has 0 aliphatic carbocycles. The summed E-state index contributed by atoms with van der Waals surface area (Å²) in [5, 5.41) is 30.1. The summed E-state index contributed by atoms with van der Waals surface area (Å²) in [5.41, 5.74) is 7.65. The molecule has 0 amide bonds. The van der Waals surface area contributed by atoms with Crippen LogP contribution >= 0.6 is 7.75 Å². The summed E-state index contributed by atoms with van der Waals surface area (Å²) >= 11 is 0. The number of carbonyl (C=O) groups excluding carboxylic acids is 1. The number of ether oxygens (including phenoxy) is 2. The van der Waals surface area contributed by atoms with E-state index in [4.69, 9.17) is 24.3 Å². The van der Waals surface area contributed by atoms with Crippen LogP contribution in [0.15, 0.2) is 91.3 Å². The molecule has 5 N–H and O–H groups in total. The van der Waals surface area contributed by atoms with Gasteiger partial charge in [-0.3, -0.25) is 9.32 Å². The highest BCUT2D eigenvalue weighted by Crippen LogP contribution is 2.48. The zero-order valence-corrected chi connectivity index (χ0v) is 25.1. The molecule has 1 fully saturated rings. The molecule has 6 atom stereocenters. The summed E-state index contributed by atoms with van der Waals surface area (Å²) in [6.07, 6.45) is -3.65. The number of hydrogen-bond donors (Lipinski definition) is 4. The molecule has 14 heteroatoms. The molecule has 45 heavy (non-hydrogen) atoms. The fraction of sp³-hybridized carbons (Fsp3) is 0.258. The van der Waals surface area contributed by atoms with Crippen molar-refractivity contribution in [3.63, 3.8) is 0 Å². The second kappa shape index (κ2) is 12.9. The van der Waals surface area contributed by atoms with E-state index >= 15 is 0 Å². The van der Waals surface area contributed by atoms with Gasteiger partial charge in [-0.1, -0.05) is 66.7 Å². The van der Waals surface area contributed by atoms with Crippen LogP contribution in [0.1, 0.15) is 24.3 Å². The lowest BCUT2D eigenvalue weighted by atomic mass is 10.1. The number of rotatable bonds is 11. The highest BCUT2D eigenvalue weighted by Gasteiger charge is 2.46. The van der Waals surface area contributed by atoms with E-state index in [0.717, 1.165) is 10.9 Å². The van der Waals surface area contributed by atoms with Gasteiger partial charge in [-0.2, -0.15) is 10.2 Å². The first-order chi connectivity index (χ1) is 21.7. The van der Waals surface area contributed by atoms with Crippen molar-refractivity contribution in [2.24, 2.45) is 0 Å². The average molecular weight is 634 g/mol. The fourth-order valence-electron chi connectivity index (χ4n) is 5.13. The van der Waals surface area contributed by atoms with E-state index < -0.39 is 50.8 Å². The van der Waals surface area contributed by atoms with E-state index in [1.54, 1.807) is 30.3 Å². The van der Waals surface area contributed by atoms with Crippen molar-refractivity contribution >= 4 is 35.8 Å². The van der Waals surface area contributed by atoms with Crippen LogP contribution in [0.5, 0.6) is 5.75 Å². The predicted octanol–water partition coefficient (Wildman–Crippen LogP) is 3.55. The Morgan fingerprint density at radius 3 is 2.62 bits per heavy atom. The van der Waals surface area contributed by atoms with Gasteiger partial charge in [0, 0.05) is 5.39 Å². The van der Waals surface area contributed by atoms with Crippen molar-refractivity contribution in [3.8, 4) is 5.75 Å². The van der Waals surface area contributed by atoms with Gasteiger partial charge in [0.2, 0.25) is 0 Å². The minimum absolute atomic E-state index is 0.0212. The second-order valence-electron chi connectivity index (χ2n) is 10.6. The summed E-state index contributed by atoms with van der Waals surface area (Å²) in [6.45, 7) is 1.03. The van der Waals surface area contributed by atoms with Gasteiger partial charge in [-0.15, -0.1) is 0 Å². The van der Waals surface area contributed by atoms with E-state index in [1.807, 2.05) is 54.6 Å². The topological polar surface area (TPSA) is 180 Å². The lowest BCUT2D eigenvalue weighted by molar-refractivity contribution is -0.146. The van der Waals surface area contributed by atoms with Crippen LogP contribution in [0.4, 0.5) is 5.82 Å². The van der Waals surface area contributed by atoms with Crippen molar-refractivity contribution in [1.29, 1.82) is 0 Å². The van der Waals surface area contributed by atoms with Gasteiger partial charge in [0.15, 0.2) is 5.82 Å². The molecule has 234 valence electrons. The Morgan fingerprint density at radius 2 is 1.80 bits per heavy atom. The number of nitrogen functional groups attached to an aromatic ring is 1. The number of nitrogens with zero attached hydrogens (tertiary/aromatic N) is 3. The number of nitrogens with two attached hydrogens (primary N) is 1. The Balaban J connectivity index is 1.21. The van der Waals surface area contributed by atoms with E-state index in [0.29, 0.717) is 16.6 Å². The summed E-state index contributed by atoms with van der Waals surface area (Å²) < 4.78 is 38.9. The molecule has 13 nitrogen and oxygen atoms in total. The first-order valence-electron chi connectivity index (χ1n) is 14.2. The summed E-state index contributed by atoms with van der Waals surface area (Å²) in [6, 6.07) is 23.9. The number of esters is 1. The van der Waals surface area contributed by atoms with Crippen LogP contribution in [-0.4, -0.2) is 61.7 Å². The van der Waals surface area contributed by atoms with Gasteiger partial charge in [0.05, 0.1) is 12.3 Å². The lowest BCUT2D eigenvalue weighted by Gasteiger charge is -2.25. The molecule has 3 heterocycles. The maximum atomic E-state index is 14.3. The highest BCUT2D eigenvalue weighted by atomic mass is 31.2. The molecule has 0 bridgehead atoms. The van der Waals surface area contributed by atoms with Crippen LogP contribution in [-0.2, 0) is 30.0 Å². The monoisotopic (exact) mass is 633 g/mol. The molecule has 0 spiro atoms. The summed E-state index contributed by atoms with van der Waals surface area (Å²) in [5.74, 6) is -0.201. The van der Waals surface area contributed by atoms with Crippen molar-refractivity contribution in [1.82, 2.24) is 19.7 Å². The van der Waals surface area contributed by atoms with Crippen molar-refractivity contribution in [2.45, 2.75) is 44.0 Å². The summed E-state index contributed by atoms with van der Waals surface area (Å²) in [4.78, 5) is 16.8. The van der Waals surface area contributed by atoms with E-state index in [9.17, 15) is 19.6 Å². The van der Waals surface area contributed by atoms with Gasteiger partial charge >= 0.3 is 13.7 Å². The molecule has 1 unspecified atom stereocenters. The molecule has 3 aromatic carbocycles. The van der Waals surface area contributed by atoms with Crippen LogP contribution in [0.2, 0.25) is 0 Å². The fourth-order valence-corrected chi connectivity index (χ4v) is 6.65. The normalized spacial score (nSPS) is 21.8. The van der Waals surface area contributed by atoms with Crippen LogP contribution in [0, 0.1) is 0 Å². The predicted molar refractivity (Wildman–Crippen MR) is 164 cm³/mol. The number of benzene rings is 3. The van der Waals surface area contributed by atoms with Gasteiger partial charge < -0.3 is 29.9 Å². The number of carbonyl (C=O) groups is 1. The van der Waals surface area contributed by atoms with Crippen molar-refractivity contribution < 1.29 is 38.1 Å². The molecule has 1 aliphatic heterocycles. The number of hydrogen-bond acceptors (Lipinski definition) is 11. The number of anilines is 1. The molecule has 0 radical (unpaired) electrons. The van der Waals surface area contributed by atoms with Gasteiger partial charge in [0.25, 0.3) is 0 Å². The average Bonchev–Trinajstić information content (AvgIpc) is 3.60. The highest BCUT2D eigenvalue weighted by molar-refractivity contribution is 7.52. The summed E-state index contributed by atoms with van der Waals surface area (Å²) in [7, 11) is -4.34. The zero-order chi connectivity index (χ0) is 31.6. The van der Waals surface area contributed by atoms with Gasteiger partial charge in [-0.25, -0.2) is 14.1 Å². The standard InChI is InChI=1S/C31H32N5O8P/c1-19(31(39)41-16-20-8-3-2-4-9-20)35-45(40,44-25-13-7-11-21-10-5-6-12-22(21)25)42-17-26-27(37)28(38)29(43-26)23-14-15-24-30(32)33-18-34-36(23)24/h2-15,18-19,26-29,37-38H,16-17H2,1H3,(H,35,40)(H2,32,33,34)/t19-,26+,27+,28+,29-,45?/m0/s1. The maximum Gasteiger partial charge on any atom is 0.459 e. The number of aliphatic hydroxyl groups is 2. The molecule has 5 aromatic rings. The molecular weight excluding hydrogens is 601 g/mol. The first-order valence-corrected chi connectivity index (χ1v) is 15.8. The smallest absolute Gasteiger partial charge is 0.459 e. The van der Waals surface area contributed by atoms with E-state index in [2.05, 4.69) is 15.2 Å². The largest absolute Gasteiger partial charge is 0.460 e. The maximum absolute atomic E-state index is 14.3. The minimum atomic E-state index is -4.34. The van der Waals surface area contributed by atoms with E-state index in [1.165, 1.54) is 17.8 Å². The number of fused-ring (bicyclic) bond motifs is 2. The Labute approximate surface area is 258 Å². The van der Waals surface area contributed by atoms with Gasteiger partial charge in [0.1, 0.15) is 54.7 Å². The first kappa shape index (κ1) is 30.7. The molecule has 2 aromatic heterocycles. The van der Waals surface area contributed by atoms with E-state index in [-0.39, 0.29) is 18.2 Å². The van der Waals surface area contributed by atoms with Crippen LogP contribution in [0.3, 0.4) is 0 Å². The third kappa shape index (κ3) is 6.54. The van der Waals surface area contributed by atoms with Crippen molar-refractivity contribution in [3.05, 3.63) is 103 Å². The number of aromatic nitrogens is 3. The Hall–Kier alpha value is -4.36. The van der Waals surface area contributed by atoms with Crippen LogP contribution in [0.25, 0.3) is 16.3 Å². The Kier molecular flexibility index (Phi) is 8.81. The minimum Gasteiger partial charge on any atom is -0.460 e. The van der Waals surface area contributed by atoms with Crippen molar-refractivity contribution in [2.75, 3.05) is 12.3 Å². The molecule has 1 aliphatic rings. The SMILES string of the molecule is C[C@H](NP(=O)(OC[C@H]1O[C@@H](c2ccc3c(N)ncnn23)[C@H](O)[C@@H]1O)Oc1cccc2ccccc12)C(=O)OCc1ccccc1.